The molecule has 1 heteroatoms. The lowest BCUT2D eigenvalue weighted by molar-refractivity contribution is 0.689. The van der Waals surface area contributed by atoms with E-state index in [2.05, 4.69) is 19.8 Å². The summed E-state index contributed by atoms with van der Waals surface area (Å²) in [7, 11) is 0. The molecule has 1 unspecified atom stereocenters. The minimum absolute atomic E-state index is 0.817. The van der Waals surface area contributed by atoms with Crippen LogP contribution in [-0.4, -0.2) is 11.5 Å². The Balaban J connectivity index is 3.29. The van der Waals surface area contributed by atoms with Crippen LogP contribution in [0.15, 0.2) is 12.7 Å². The van der Waals surface area contributed by atoms with E-state index in [1.54, 1.807) is 0 Å². The monoisotopic (exact) mass is 158 g/mol. The van der Waals surface area contributed by atoms with Gasteiger partial charge in [-0.1, -0.05) is 25.8 Å². The molecule has 0 nitrogen and oxygen atoms in total. The largest absolute Gasteiger partial charge is 0.162 e. The number of unbranched alkanes of at least 4 members (excludes halogenated alkanes) is 1. The van der Waals surface area contributed by atoms with Crippen LogP contribution in [0.2, 0.25) is 0 Å². The van der Waals surface area contributed by atoms with Crippen LogP contribution in [-0.2, 0) is 0 Å². The summed E-state index contributed by atoms with van der Waals surface area (Å²) < 4.78 is 0. The highest BCUT2D eigenvalue weighted by Gasteiger charge is 2.01. The lowest BCUT2D eigenvalue weighted by atomic mass is 10.1. The maximum atomic E-state index is 3.74. The second-order valence-electron chi connectivity index (χ2n) is 2.52. The third kappa shape index (κ3) is 4.92. The number of thioether (sulfide) groups is 1. The molecule has 0 bridgehead atoms. The van der Waals surface area contributed by atoms with Crippen molar-refractivity contribution < 1.29 is 0 Å². The van der Waals surface area contributed by atoms with Gasteiger partial charge in [0.2, 0.25) is 0 Å². The average Bonchev–Trinajstić information content (AvgIpc) is 1.98. The fraction of sp³-hybridized carbons (Fsp3) is 0.778. The van der Waals surface area contributed by atoms with E-state index < -0.39 is 0 Å². The molecule has 0 aliphatic rings. The molecule has 10 heavy (non-hydrogen) atoms. The lowest BCUT2D eigenvalue weighted by Gasteiger charge is -2.09. The van der Waals surface area contributed by atoms with Crippen molar-refractivity contribution in [1.29, 1.82) is 0 Å². The Hall–Kier alpha value is 0.0900. The van der Waals surface area contributed by atoms with Gasteiger partial charge >= 0.3 is 0 Å². The third-order valence-electron chi connectivity index (χ3n) is 1.64. The van der Waals surface area contributed by atoms with Crippen LogP contribution < -0.4 is 0 Å². The van der Waals surface area contributed by atoms with Gasteiger partial charge in [-0.25, -0.2) is 0 Å². The second-order valence-corrected chi connectivity index (χ2v) is 3.66. The molecule has 0 fully saturated rings. The first-order valence-corrected chi connectivity index (χ1v) is 5.27. The van der Waals surface area contributed by atoms with E-state index in [0.717, 1.165) is 5.25 Å². The van der Waals surface area contributed by atoms with Gasteiger partial charge in [0.05, 0.1) is 0 Å². The van der Waals surface area contributed by atoms with Gasteiger partial charge in [0, 0.05) is 5.25 Å². The Bertz CT molecular complexity index is 78.8. The highest BCUT2D eigenvalue weighted by atomic mass is 32.2. The number of rotatable bonds is 6. The Labute approximate surface area is 69.1 Å². The molecule has 0 aliphatic heterocycles. The number of allylic oxidation sites excluding steroid dienone is 1. The van der Waals surface area contributed by atoms with Crippen LogP contribution in [0.5, 0.6) is 0 Å². The summed E-state index contributed by atoms with van der Waals surface area (Å²) in [6.45, 7) is 5.98. The number of hydrogen-bond donors (Lipinski definition) is 0. The molecule has 0 saturated heterocycles. The maximum absolute atomic E-state index is 3.74. The van der Waals surface area contributed by atoms with Crippen molar-refractivity contribution in [3.8, 4) is 0 Å². The summed E-state index contributed by atoms with van der Waals surface area (Å²) in [6, 6.07) is 0. The molecule has 0 spiro atoms. The molecular formula is C9H18S. The fourth-order valence-corrected chi connectivity index (χ4v) is 1.68. The second kappa shape index (κ2) is 7.20. The van der Waals surface area contributed by atoms with Crippen LogP contribution >= 0.6 is 11.8 Å². The lowest BCUT2D eigenvalue weighted by Crippen LogP contribution is -1.99. The summed E-state index contributed by atoms with van der Waals surface area (Å²) in [4.78, 5) is 0. The van der Waals surface area contributed by atoms with Crippen LogP contribution in [0.1, 0.15) is 32.6 Å². The van der Waals surface area contributed by atoms with E-state index in [1.807, 2.05) is 17.8 Å². The van der Waals surface area contributed by atoms with Gasteiger partial charge in [-0.05, 0) is 19.1 Å². The zero-order chi connectivity index (χ0) is 7.82. The van der Waals surface area contributed by atoms with Gasteiger partial charge in [0.25, 0.3) is 0 Å². The van der Waals surface area contributed by atoms with Gasteiger partial charge in [-0.15, -0.1) is 6.58 Å². The Morgan fingerprint density at radius 2 is 2.30 bits per heavy atom. The molecule has 0 rings (SSSR count). The first-order valence-electron chi connectivity index (χ1n) is 3.98. The predicted molar refractivity (Wildman–Crippen MR) is 51.6 cm³/mol. The first-order chi connectivity index (χ1) is 4.85. The topological polar surface area (TPSA) is 0 Å². The molecule has 0 N–H and O–H groups in total. The zero-order valence-corrected chi connectivity index (χ0v) is 7.91. The van der Waals surface area contributed by atoms with Crippen molar-refractivity contribution in [3.05, 3.63) is 12.7 Å². The summed E-state index contributed by atoms with van der Waals surface area (Å²) in [6.07, 6.45) is 9.40. The fourth-order valence-electron chi connectivity index (χ4n) is 0.950. The molecule has 0 amide bonds. The zero-order valence-electron chi connectivity index (χ0n) is 7.10. The Morgan fingerprint density at radius 1 is 1.60 bits per heavy atom. The minimum Gasteiger partial charge on any atom is -0.162 e. The molecular weight excluding hydrogens is 140 g/mol. The minimum atomic E-state index is 0.817. The molecule has 0 aromatic heterocycles. The molecule has 0 aliphatic carbocycles. The van der Waals surface area contributed by atoms with Crippen molar-refractivity contribution in [2.45, 2.75) is 37.9 Å². The molecule has 0 aromatic rings. The van der Waals surface area contributed by atoms with Crippen molar-refractivity contribution >= 4 is 11.8 Å². The first kappa shape index (κ1) is 10.1. The van der Waals surface area contributed by atoms with Gasteiger partial charge < -0.3 is 0 Å². The normalized spacial score (nSPS) is 13.0. The van der Waals surface area contributed by atoms with E-state index in [-0.39, 0.29) is 0 Å². The smallest absolute Gasteiger partial charge is 0.00786 e. The van der Waals surface area contributed by atoms with Gasteiger partial charge in [0.1, 0.15) is 0 Å². The SMILES string of the molecule is C=CCC(CCCC)SC. The van der Waals surface area contributed by atoms with E-state index >= 15 is 0 Å². The molecule has 60 valence electrons. The number of hydrogen-bond acceptors (Lipinski definition) is 1. The summed E-state index contributed by atoms with van der Waals surface area (Å²) in [5.41, 5.74) is 0. The average molecular weight is 158 g/mol. The standard InChI is InChI=1S/C9H18S/c1-4-6-8-9(10-3)7-5-2/h5,9H,2,4,6-8H2,1,3H3. The van der Waals surface area contributed by atoms with Crippen LogP contribution in [0.25, 0.3) is 0 Å². The van der Waals surface area contributed by atoms with Gasteiger partial charge in [-0.2, -0.15) is 11.8 Å². The highest BCUT2D eigenvalue weighted by Crippen LogP contribution is 2.17. The van der Waals surface area contributed by atoms with Crippen LogP contribution in [0.4, 0.5) is 0 Å². The van der Waals surface area contributed by atoms with E-state index in [4.69, 9.17) is 0 Å². The molecule has 0 radical (unpaired) electrons. The molecule has 0 aromatic carbocycles. The van der Waals surface area contributed by atoms with E-state index in [0.29, 0.717) is 0 Å². The molecule has 1 atom stereocenters. The van der Waals surface area contributed by atoms with Crippen molar-refractivity contribution in [1.82, 2.24) is 0 Å². The molecule has 0 saturated carbocycles. The molecule has 0 heterocycles. The van der Waals surface area contributed by atoms with E-state index in [1.165, 1.54) is 25.7 Å². The Kier molecular flexibility index (Phi) is 7.26. The van der Waals surface area contributed by atoms with Crippen LogP contribution in [0.3, 0.4) is 0 Å². The quantitative estimate of drug-likeness (QED) is 0.533. The van der Waals surface area contributed by atoms with Crippen molar-refractivity contribution in [2.75, 3.05) is 6.26 Å². The summed E-state index contributed by atoms with van der Waals surface area (Å²) in [5.74, 6) is 0. The maximum Gasteiger partial charge on any atom is 0.00786 e. The van der Waals surface area contributed by atoms with Gasteiger partial charge in [-0.3, -0.25) is 0 Å². The summed E-state index contributed by atoms with van der Waals surface area (Å²) >= 11 is 1.96. The van der Waals surface area contributed by atoms with Crippen molar-refractivity contribution in [2.24, 2.45) is 0 Å². The third-order valence-corrected chi connectivity index (χ3v) is 2.74. The Morgan fingerprint density at radius 3 is 2.70 bits per heavy atom. The van der Waals surface area contributed by atoms with Crippen LogP contribution in [0, 0.1) is 0 Å². The highest BCUT2D eigenvalue weighted by molar-refractivity contribution is 7.99. The van der Waals surface area contributed by atoms with Gasteiger partial charge in [0.15, 0.2) is 0 Å². The predicted octanol–water partition coefficient (Wildman–Crippen LogP) is 3.48. The van der Waals surface area contributed by atoms with Crippen molar-refractivity contribution in [3.63, 3.8) is 0 Å². The van der Waals surface area contributed by atoms with E-state index in [9.17, 15) is 0 Å². The summed E-state index contributed by atoms with van der Waals surface area (Å²) in [5, 5.41) is 0.817.